The third kappa shape index (κ3) is 3.97. The molecule has 0 unspecified atom stereocenters. The molecule has 1 heterocycles. The van der Waals surface area contributed by atoms with Crippen LogP contribution >= 0.6 is 0 Å². The van der Waals surface area contributed by atoms with Crippen LogP contribution in [0.25, 0.3) is 0 Å². The monoisotopic (exact) mass is 198 g/mol. The molecule has 0 amide bonds. The zero-order valence-electron chi connectivity index (χ0n) is 10.1. The minimum absolute atomic E-state index is 0.831. The molecule has 1 aliphatic heterocycles. The Morgan fingerprint density at radius 3 is 2.29 bits per heavy atom. The predicted octanol–water partition coefficient (Wildman–Crippen LogP) is 2.20. The first kappa shape index (κ1) is 12.0. The molecular formula is C12H26N2. The fraction of sp³-hybridized carbons (Fsp3) is 1.00. The molecule has 14 heavy (non-hydrogen) atoms. The van der Waals surface area contributed by atoms with E-state index in [0.29, 0.717) is 0 Å². The number of nitrogens with zero attached hydrogens (tertiary/aromatic N) is 2. The highest BCUT2D eigenvalue weighted by Crippen LogP contribution is 2.14. The van der Waals surface area contributed by atoms with E-state index in [-0.39, 0.29) is 0 Å². The Morgan fingerprint density at radius 2 is 1.79 bits per heavy atom. The van der Waals surface area contributed by atoms with Crippen LogP contribution in [0.3, 0.4) is 0 Å². The van der Waals surface area contributed by atoms with Gasteiger partial charge in [0.25, 0.3) is 0 Å². The Labute approximate surface area is 89.3 Å². The molecule has 0 aliphatic carbocycles. The van der Waals surface area contributed by atoms with Crippen molar-refractivity contribution >= 4 is 0 Å². The summed E-state index contributed by atoms with van der Waals surface area (Å²) in [4.78, 5) is 5.01. The third-order valence-corrected chi connectivity index (χ3v) is 3.37. The minimum Gasteiger partial charge on any atom is -0.306 e. The van der Waals surface area contributed by atoms with E-state index in [9.17, 15) is 0 Å². The van der Waals surface area contributed by atoms with Crippen molar-refractivity contribution in [2.24, 2.45) is 0 Å². The van der Waals surface area contributed by atoms with Crippen LogP contribution in [-0.2, 0) is 0 Å². The maximum atomic E-state index is 2.63. The average molecular weight is 198 g/mol. The molecule has 0 N–H and O–H groups in total. The summed E-state index contributed by atoms with van der Waals surface area (Å²) in [5.74, 6) is 0. The van der Waals surface area contributed by atoms with Gasteiger partial charge in [0.2, 0.25) is 0 Å². The quantitative estimate of drug-likeness (QED) is 0.625. The molecule has 0 bridgehead atoms. The zero-order chi connectivity index (χ0) is 10.4. The predicted molar refractivity (Wildman–Crippen MR) is 62.7 cm³/mol. The van der Waals surface area contributed by atoms with Gasteiger partial charge in [0, 0.05) is 6.04 Å². The zero-order valence-corrected chi connectivity index (χ0v) is 10.1. The highest BCUT2D eigenvalue weighted by Gasteiger charge is 2.19. The number of piperidine rings is 1. The van der Waals surface area contributed by atoms with Crippen LogP contribution in [0, 0.1) is 0 Å². The van der Waals surface area contributed by atoms with Gasteiger partial charge in [-0.25, -0.2) is 0 Å². The van der Waals surface area contributed by atoms with Crippen LogP contribution < -0.4 is 0 Å². The maximum absolute atomic E-state index is 2.63. The summed E-state index contributed by atoms with van der Waals surface area (Å²) in [5, 5.41) is 0. The van der Waals surface area contributed by atoms with Gasteiger partial charge in [-0.3, -0.25) is 0 Å². The first-order chi connectivity index (χ1) is 6.74. The molecular weight excluding hydrogens is 172 g/mol. The fourth-order valence-corrected chi connectivity index (χ4v) is 2.24. The average Bonchev–Trinajstić information content (AvgIpc) is 2.19. The van der Waals surface area contributed by atoms with E-state index < -0.39 is 0 Å². The molecule has 2 heteroatoms. The molecule has 1 fully saturated rings. The molecule has 0 radical (unpaired) electrons. The van der Waals surface area contributed by atoms with Crippen molar-refractivity contribution in [1.29, 1.82) is 0 Å². The molecule has 1 aliphatic rings. The van der Waals surface area contributed by atoms with Crippen LogP contribution in [-0.4, -0.2) is 49.6 Å². The largest absolute Gasteiger partial charge is 0.306 e. The number of likely N-dealkylation sites (tertiary alicyclic amines) is 1. The van der Waals surface area contributed by atoms with E-state index in [4.69, 9.17) is 0 Å². The lowest BCUT2D eigenvalue weighted by atomic mass is 10.0. The minimum atomic E-state index is 0.831. The second-order valence-corrected chi connectivity index (χ2v) is 4.74. The summed E-state index contributed by atoms with van der Waals surface area (Å²) in [6.07, 6.45) is 6.85. The molecule has 0 atom stereocenters. The molecule has 1 rings (SSSR count). The summed E-state index contributed by atoms with van der Waals surface area (Å²) < 4.78 is 0. The Balaban J connectivity index is 2.09. The van der Waals surface area contributed by atoms with Gasteiger partial charge in [0.15, 0.2) is 0 Å². The smallest absolute Gasteiger partial charge is 0.0113 e. The van der Waals surface area contributed by atoms with Crippen LogP contribution in [0.15, 0.2) is 0 Å². The Kier molecular flexibility index (Phi) is 5.49. The van der Waals surface area contributed by atoms with Crippen molar-refractivity contribution in [2.75, 3.05) is 33.7 Å². The Bertz CT molecular complexity index is 137. The number of hydrogen-bond acceptors (Lipinski definition) is 2. The third-order valence-electron chi connectivity index (χ3n) is 3.37. The molecule has 84 valence electrons. The summed E-state index contributed by atoms with van der Waals surface area (Å²) >= 11 is 0. The Morgan fingerprint density at radius 1 is 1.14 bits per heavy atom. The lowest BCUT2D eigenvalue weighted by Crippen LogP contribution is -2.42. The first-order valence-corrected chi connectivity index (χ1v) is 6.12. The van der Waals surface area contributed by atoms with E-state index in [1.54, 1.807) is 0 Å². The van der Waals surface area contributed by atoms with Gasteiger partial charge in [-0.1, -0.05) is 19.8 Å². The van der Waals surface area contributed by atoms with E-state index in [1.807, 2.05) is 0 Å². The topological polar surface area (TPSA) is 6.48 Å². The highest BCUT2D eigenvalue weighted by atomic mass is 15.2. The number of rotatable bonds is 5. The fourth-order valence-electron chi connectivity index (χ4n) is 2.24. The van der Waals surface area contributed by atoms with Crippen LogP contribution in [0.5, 0.6) is 0 Å². The van der Waals surface area contributed by atoms with Crippen molar-refractivity contribution in [2.45, 2.75) is 45.1 Å². The number of unbranched alkanes of at least 4 members (excludes halogenated alkanes) is 2. The van der Waals surface area contributed by atoms with Crippen LogP contribution in [0.4, 0.5) is 0 Å². The van der Waals surface area contributed by atoms with E-state index in [1.165, 1.54) is 51.7 Å². The van der Waals surface area contributed by atoms with E-state index in [0.717, 1.165) is 6.04 Å². The van der Waals surface area contributed by atoms with Gasteiger partial charge < -0.3 is 9.80 Å². The van der Waals surface area contributed by atoms with Crippen molar-refractivity contribution in [1.82, 2.24) is 9.80 Å². The van der Waals surface area contributed by atoms with Crippen LogP contribution in [0.2, 0.25) is 0 Å². The summed E-state index contributed by atoms with van der Waals surface area (Å²) in [7, 11) is 4.41. The summed E-state index contributed by atoms with van der Waals surface area (Å²) in [6, 6.07) is 0.831. The molecule has 0 spiro atoms. The van der Waals surface area contributed by atoms with Crippen molar-refractivity contribution in [3.05, 3.63) is 0 Å². The van der Waals surface area contributed by atoms with Gasteiger partial charge in [0.05, 0.1) is 0 Å². The molecule has 0 aromatic rings. The second kappa shape index (κ2) is 6.41. The molecule has 0 aromatic carbocycles. The van der Waals surface area contributed by atoms with Crippen molar-refractivity contribution < 1.29 is 0 Å². The Hall–Kier alpha value is -0.0800. The van der Waals surface area contributed by atoms with Crippen molar-refractivity contribution in [3.8, 4) is 0 Å². The van der Waals surface area contributed by atoms with E-state index in [2.05, 4.69) is 30.8 Å². The molecule has 2 nitrogen and oxygen atoms in total. The van der Waals surface area contributed by atoms with Crippen LogP contribution in [0.1, 0.15) is 39.0 Å². The maximum Gasteiger partial charge on any atom is 0.0113 e. The summed E-state index contributed by atoms with van der Waals surface area (Å²) in [6.45, 7) is 6.23. The van der Waals surface area contributed by atoms with Gasteiger partial charge in [-0.05, 0) is 53.0 Å². The molecule has 0 aromatic heterocycles. The standard InChI is InChI=1S/C12H26N2/c1-4-5-6-9-14-10-7-12(8-11-14)13(2)3/h12H,4-11H2,1-3H3. The van der Waals surface area contributed by atoms with Crippen molar-refractivity contribution in [3.63, 3.8) is 0 Å². The van der Waals surface area contributed by atoms with Gasteiger partial charge in [0.1, 0.15) is 0 Å². The normalized spacial score (nSPS) is 20.6. The highest BCUT2D eigenvalue weighted by molar-refractivity contribution is 4.76. The van der Waals surface area contributed by atoms with Gasteiger partial charge in [-0.2, -0.15) is 0 Å². The molecule has 1 saturated heterocycles. The first-order valence-electron chi connectivity index (χ1n) is 6.12. The second-order valence-electron chi connectivity index (χ2n) is 4.74. The lowest BCUT2D eigenvalue weighted by molar-refractivity contribution is 0.143. The summed E-state index contributed by atoms with van der Waals surface area (Å²) in [5.41, 5.74) is 0. The van der Waals surface area contributed by atoms with Gasteiger partial charge >= 0.3 is 0 Å². The van der Waals surface area contributed by atoms with E-state index >= 15 is 0 Å². The SMILES string of the molecule is CCCCCN1CCC(N(C)C)CC1. The lowest BCUT2D eigenvalue weighted by Gasteiger charge is -2.35. The number of hydrogen-bond donors (Lipinski definition) is 0. The van der Waals surface area contributed by atoms with Gasteiger partial charge in [-0.15, -0.1) is 0 Å². The molecule has 0 saturated carbocycles.